The third kappa shape index (κ3) is 62.8. The minimum Gasteiger partial charge on any atom is -0.462 e. The molecule has 8 atom stereocenters. The third-order valence-corrected chi connectivity index (χ3v) is 19.8. The number of carbonyl (C=O) groups excluding carboxylic acids is 4. The molecule has 6 unspecified atom stereocenters. The molecule has 19 heteroatoms. The van der Waals surface area contributed by atoms with Gasteiger partial charge in [0.15, 0.2) is 12.2 Å². The van der Waals surface area contributed by atoms with Crippen LogP contribution in [0.1, 0.15) is 364 Å². The maximum absolute atomic E-state index is 13.0. The molecule has 0 amide bonds. The summed E-state index contributed by atoms with van der Waals surface area (Å²) in [6.07, 6.45) is 45.8. The number of phosphoric acid groups is 2. The number of hydrogen-bond donors (Lipinski definition) is 3. The molecule has 0 aliphatic carbocycles. The highest BCUT2D eigenvalue weighted by atomic mass is 31.2. The number of ether oxygens (including phenoxy) is 4. The molecule has 0 saturated heterocycles. The second-order valence-electron chi connectivity index (χ2n) is 27.5. The molecule has 0 fully saturated rings. The number of phosphoric ester groups is 2. The molecule has 0 aromatic rings. The average molecular weight is 1350 g/mol. The fourth-order valence-corrected chi connectivity index (χ4v) is 12.5. The van der Waals surface area contributed by atoms with E-state index in [2.05, 4.69) is 55.4 Å². The van der Waals surface area contributed by atoms with Crippen molar-refractivity contribution in [3.8, 4) is 0 Å². The predicted octanol–water partition coefficient (Wildman–Crippen LogP) is 20.9. The lowest BCUT2D eigenvalue weighted by atomic mass is 9.99. The van der Waals surface area contributed by atoms with Crippen LogP contribution in [0.15, 0.2) is 0 Å². The minimum absolute atomic E-state index is 0.102. The first-order valence-electron chi connectivity index (χ1n) is 37.8. The van der Waals surface area contributed by atoms with Crippen molar-refractivity contribution in [1.82, 2.24) is 0 Å². The van der Waals surface area contributed by atoms with Crippen LogP contribution in [0.2, 0.25) is 0 Å². The molecule has 17 nitrogen and oxygen atoms in total. The Morgan fingerprint density at radius 2 is 0.522 bits per heavy atom. The van der Waals surface area contributed by atoms with Crippen molar-refractivity contribution in [2.45, 2.75) is 382 Å². The van der Waals surface area contributed by atoms with Gasteiger partial charge in [-0.2, -0.15) is 0 Å². The molecule has 0 aliphatic heterocycles. The molecule has 0 radical (unpaired) electrons. The van der Waals surface area contributed by atoms with Gasteiger partial charge < -0.3 is 33.8 Å². The molecule has 0 heterocycles. The van der Waals surface area contributed by atoms with E-state index in [-0.39, 0.29) is 25.7 Å². The molecule has 0 saturated carbocycles. The summed E-state index contributed by atoms with van der Waals surface area (Å²) in [5, 5.41) is 10.6. The highest BCUT2D eigenvalue weighted by molar-refractivity contribution is 7.47. The smallest absolute Gasteiger partial charge is 0.462 e. The molecule has 0 aromatic heterocycles. The average Bonchev–Trinajstić information content (AvgIpc) is 1.93. The monoisotopic (exact) mass is 1350 g/mol. The van der Waals surface area contributed by atoms with Gasteiger partial charge in [0.1, 0.15) is 19.3 Å². The van der Waals surface area contributed by atoms with Gasteiger partial charge in [0, 0.05) is 25.7 Å². The van der Waals surface area contributed by atoms with E-state index in [0.29, 0.717) is 31.6 Å². The normalized spacial score (nSPS) is 15.1. The first kappa shape index (κ1) is 90.1. The summed E-state index contributed by atoms with van der Waals surface area (Å²) in [5.74, 6) is 0.952. The van der Waals surface area contributed by atoms with Gasteiger partial charge in [0.2, 0.25) is 0 Å². The van der Waals surface area contributed by atoms with Crippen LogP contribution in [-0.2, 0) is 65.4 Å². The standard InChI is InChI=1S/C73H142O17P2/c1-9-64(6)50-42-34-26-20-16-14-12-13-15-17-23-29-39-47-55-72(77)89-68(59-84-71(76)54-46-38-30-24-25-33-41-49-63(4)5)61-87-91(79,80)85-57-67(74)58-86-92(81,82)88-62-69(90-73(78)56-48-40-32-31-36-44-52-66(8)11-3)60-83-70(75)53-45-37-28-22-19-18-21-27-35-43-51-65(7)10-2/h63-69,74H,9-62H2,1-8H3,(H,79,80)(H,81,82)/t64?,65?,66?,67?,68-,69-/m1/s1. The van der Waals surface area contributed by atoms with Crippen LogP contribution in [0.5, 0.6) is 0 Å². The Hall–Kier alpha value is -1.94. The molecular formula is C73H142O17P2. The van der Waals surface area contributed by atoms with Crippen molar-refractivity contribution < 1.29 is 80.2 Å². The summed E-state index contributed by atoms with van der Waals surface area (Å²) in [7, 11) is -9.91. The second kappa shape index (κ2) is 62.6. The fraction of sp³-hybridized carbons (Fsp3) is 0.945. The lowest BCUT2D eigenvalue weighted by Crippen LogP contribution is -2.30. The fourth-order valence-electron chi connectivity index (χ4n) is 10.9. The van der Waals surface area contributed by atoms with Crippen molar-refractivity contribution in [2.75, 3.05) is 39.6 Å². The maximum Gasteiger partial charge on any atom is 0.472 e. The van der Waals surface area contributed by atoms with Gasteiger partial charge in [0.25, 0.3) is 0 Å². The van der Waals surface area contributed by atoms with Gasteiger partial charge >= 0.3 is 39.5 Å². The number of esters is 4. The van der Waals surface area contributed by atoms with Crippen LogP contribution in [-0.4, -0.2) is 96.7 Å². The molecule has 92 heavy (non-hydrogen) atoms. The number of aliphatic hydroxyl groups excluding tert-OH is 1. The topological polar surface area (TPSA) is 237 Å². The summed E-state index contributed by atoms with van der Waals surface area (Å²) < 4.78 is 68.4. The lowest BCUT2D eigenvalue weighted by Gasteiger charge is -2.21. The van der Waals surface area contributed by atoms with E-state index in [4.69, 9.17) is 37.0 Å². The van der Waals surface area contributed by atoms with E-state index < -0.39 is 97.5 Å². The molecule has 3 N–H and O–H groups in total. The first-order chi connectivity index (χ1) is 44.2. The Morgan fingerprint density at radius 1 is 0.304 bits per heavy atom. The van der Waals surface area contributed by atoms with E-state index in [1.165, 1.54) is 161 Å². The Bertz CT molecular complexity index is 1820. The number of unbranched alkanes of at least 4 members (excludes halogenated alkanes) is 33. The van der Waals surface area contributed by atoms with Gasteiger partial charge in [-0.25, -0.2) is 9.13 Å². The number of rotatable bonds is 70. The summed E-state index contributed by atoms with van der Waals surface area (Å²) in [4.78, 5) is 72.6. The van der Waals surface area contributed by atoms with Gasteiger partial charge in [-0.05, 0) is 49.4 Å². The summed E-state index contributed by atoms with van der Waals surface area (Å²) in [6.45, 7) is 14.2. The molecule has 546 valence electrons. The summed E-state index contributed by atoms with van der Waals surface area (Å²) in [5.41, 5.74) is 0. The summed E-state index contributed by atoms with van der Waals surface area (Å²) >= 11 is 0. The van der Waals surface area contributed by atoms with Gasteiger partial charge in [-0.1, -0.05) is 312 Å². The minimum atomic E-state index is -4.95. The van der Waals surface area contributed by atoms with Gasteiger partial charge in [0.05, 0.1) is 26.4 Å². The van der Waals surface area contributed by atoms with E-state index in [0.717, 1.165) is 114 Å². The quantitative estimate of drug-likeness (QED) is 0.0222. The highest BCUT2D eigenvalue weighted by Gasteiger charge is 2.30. The zero-order valence-electron chi connectivity index (χ0n) is 60.2. The van der Waals surface area contributed by atoms with E-state index in [9.17, 15) is 43.2 Å². The Balaban J connectivity index is 5.22. The van der Waals surface area contributed by atoms with Crippen molar-refractivity contribution in [3.63, 3.8) is 0 Å². The summed E-state index contributed by atoms with van der Waals surface area (Å²) in [6, 6.07) is 0. The van der Waals surface area contributed by atoms with Crippen LogP contribution >= 0.6 is 15.6 Å². The molecule has 0 rings (SSSR count). The van der Waals surface area contributed by atoms with Crippen LogP contribution in [0.25, 0.3) is 0 Å². The highest BCUT2D eigenvalue weighted by Crippen LogP contribution is 2.45. The number of hydrogen-bond acceptors (Lipinski definition) is 15. The van der Waals surface area contributed by atoms with E-state index in [1.54, 1.807) is 0 Å². The Kier molecular flexibility index (Phi) is 61.3. The maximum atomic E-state index is 13.0. The van der Waals surface area contributed by atoms with Crippen LogP contribution in [0.3, 0.4) is 0 Å². The number of aliphatic hydroxyl groups is 1. The van der Waals surface area contributed by atoms with E-state index >= 15 is 0 Å². The molecular weight excluding hydrogens is 1210 g/mol. The van der Waals surface area contributed by atoms with Crippen molar-refractivity contribution in [1.29, 1.82) is 0 Å². The predicted molar refractivity (Wildman–Crippen MR) is 372 cm³/mol. The van der Waals surface area contributed by atoms with Crippen LogP contribution < -0.4 is 0 Å². The molecule has 0 spiro atoms. The number of carbonyl (C=O) groups is 4. The van der Waals surface area contributed by atoms with Crippen LogP contribution in [0, 0.1) is 23.7 Å². The van der Waals surface area contributed by atoms with E-state index in [1.807, 2.05) is 0 Å². The Labute approximate surface area is 562 Å². The van der Waals surface area contributed by atoms with Crippen molar-refractivity contribution >= 4 is 39.5 Å². The SMILES string of the molecule is CCC(C)CCCCCCCCCCCCCCCCC(=O)O[C@H](COC(=O)CCCCCCCCCC(C)C)COP(=O)(O)OCC(O)COP(=O)(O)OC[C@@H](COC(=O)CCCCCCCCCCCCC(C)CC)OC(=O)CCCCCCCCC(C)CC. The molecule has 0 bridgehead atoms. The first-order valence-corrected chi connectivity index (χ1v) is 40.8. The molecule has 0 aliphatic rings. The third-order valence-electron chi connectivity index (χ3n) is 17.9. The molecule has 0 aromatic carbocycles. The lowest BCUT2D eigenvalue weighted by molar-refractivity contribution is -0.161. The van der Waals surface area contributed by atoms with Gasteiger partial charge in [-0.15, -0.1) is 0 Å². The second-order valence-corrected chi connectivity index (χ2v) is 30.4. The Morgan fingerprint density at radius 3 is 0.772 bits per heavy atom. The van der Waals surface area contributed by atoms with Crippen molar-refractivity contribution in [3.05, 3.63) is 0 Å². The van der Waals surface area contributed by atoms with Gasteiger partial charge in [-0.3, -0.25) is 37.3 Å². The zero-order valence-corrected chi connectivity index (χ0v) is 62.0. The zero-order chi connectivity index (χ0) is 68.2. The van der Waals surface area contributed by atoms with Crippen molar-refractivity contribution in [2.24, 2.45) is 23.7 Å². The largest absolute Gasteiger partial charge is 0.472 e. The van der Waals surface area contributed by atoms with Crippen LogP contribution in [0.4, 0.5) is 0 Å².